The summed E-state index contributed by atoms with van der Waals surface area (Å²) in [6.07, 6.45) is -6.55. The number of rotatable bonds is 6. The molecule has 0 radical (unpaired) electrons. The van der Waals surface area contributed by atoms with Crippen molar-refractivity contribution in [3.05, 3.63) is 68.4 Å². The number of esters is 1. The van der Waals surface area contributed by atoms with Crippen molar-refractivity contribution in [2.75, 3.05) is 28.4 Å². The van der Waals surface area contributed by atoms with Crippen LogP contribution in [0.1, 0.15) is 75.4 Å². The zero-order chi connectivity index (χ0) is 36.8. The van der Waals surface area contributed by atoms with Gasteiger partial charge in [-0.3, -0.25) is 19.2 Å². The van der Waals surface area contributed by atoms with Gasteiger partial charge in [0.15, 0.2) is 23.2 Å². The maximum atomic E-state index is 14.6. The zero-order valence-electron chi connectivity index (χ0n) is 27.7. The number of ketones is 4. The number of phenolic OH excluding ortho intramolecular Hbond substituents is 2. The topological polar surface area (TPSA) is 245 Å². The number of aliphatic hydroxyl groups is 3. The van der Waals surface area contributed by atoms with E-state index in [-0.39, 0.29) is 16.8 Å². The van der Waals surface area contributed by atoms with Gasteiger partial charge in [-0.1, -0.05) is 6.07 Å². The molecule has 6 N–H and O–H groups in total. The van der Waals surface area contributed by atoms with Crippen LogP contribution in [0.5, 0.6) is 11.5 Å². The van der Waals surface area contributed by atoms with E-state index in [9.17, 15) is 49.5 Å². The molecule has 16 nitrogen and oxygen atoms in total. The summed E-state index contributed by atoms with van der Waals surface area (Å²) in [6.45, 7) is 3.06. The van der Waals surface area contributed by atoms with E-state index in [0.717, 1.165) is 26.4 Å². The van der Waals surface area contributed by atoms with Crippen molar-refractivity contribution in [2.45, 2.75) is 68.2 Å². The van der Waals surface area contributed by atoms with Crippen molar-refractivity contribution in [1.82, 2.24) is 5.32 Å². The molecule has 0 bridgehead atoms. The number of ether oxygens (including phenoxy) is 5. The zero-order valence-corrected chi connectivity index (χ0v) is 27.7. The molecule has 50 heavy (non-hydrogen) atoms. The standard InChI is InChI=1S/C34H35NO15/c1-11-7-13-8-18(37)34(49-6)30(43)21-15(29(42)33(34,45)22(13)25(40)19(11)32(44)48-5)9-14-20(24(21)39)17(36)10-16(23(14)38)35-31-28(47-4)26(41)27(46-3)12(2)50-31/h7,9-10,12,18,26-28,31,35,37,39-41,45H,8H2,1-6H3/t12-,18?,26+,27?,28+,31-,33?,34?/m0/s1. The third-order valence-corrected chi connectivity index (χ3v) is 10.2. The molecule has 1 heterocycles. The monoisotopic (exact) mass is 697 g/mol. The molecule has 4 aliphatic rings. The normalized spacial score (nSPS) is 31.7. The Hall–Kier alpha value is -4.55. The number of aromatic hydroxyl groups is 2. The Labute approximate surface area is 284 Å². The number of nitrogens with one attached hydrogen (secondary N) is 1. The molecule has 2 aromatic rings. The number of phenols is 2. The van der Waals surface area contributed by atoms with Crippen molar-refractivity contribution in [3.63, 3.8) is 0 Å². The minimum atomic E-state index is -3.23. The first-order valence-electron chi connectivity index (χ1n) is 15.4. The van der Waals surface area contributed by atoms with Gasteiger partial charge in [0.25, 0.3) is 0 Å². The van der Waals surface area contributed by atoms with Crippen LogP contribution in [-0.4, -0.2) is 125 Å². The molecular weight excluding hydrogens is 662 g/mol. The molecule has 266 valence electrons. The van der Waals surface area contributed by atoms with Crippen LogP contribution in [0.25, 0.3) is 0 Å². The SMILES string of the molecule is COC(=O)c1c(C)cc2c(c1O)C1(O)C(=O)c3cc4c(c(O)c3C(=O)C1(OC)C(O)C2)C(=O)C=C(N[C@H]1O[C@@H](C)C(OC)[C@@H](O)[C@H]1OC)C4=O. The number of carbonyl (C=O) groups excluding carboxylic acids is 5. The quantitative estimate of drug-likeness (QED) is 0.213. The van der Waals surface area contributed by atoms with E-state index >= 15 is 0 Å². The average molecular weight is 698 g/mol. The highest BCUT2D eigenvalue weighted by molar-refractivity contribution is 6.31. The molecule has 0 spiro atoms. The predicted octanol–water partition coefficient (Wildman–Crippen LogP) is -0.250. The number of allylic oxidation sites excluding steroid dienone is 2. The van der Waals surface area contributed by atoms with Crippen molar-refractivity contribution in [1.29, 1.82) is 0 Å². The van der Waals surface area contributed by atoms with Crippen LogP contribution in [-0.2, 0) is 35.7 Å². The lowest BCUT2D eigenvalue weighted by Crippen LogP contribution is -2.73. The first kappa shape index (κ1) is 35.3. The molecule has 3 aliphatic carbocycles. The van der Waals surface area contributed by atoms with Crippen LogP contribution in [0.15, 0.2) is 23.9 Å². The Bertz CT molecular complexity index is 1920. The Balaban J connectivity index is 1.51. The van der Waals surface area contributed by atoms with Gasteiger partial charge in [0.05, 0.1) is 36.1 Å². The second kappa shape index (κ2) is 12.1. The molecule has 1 aliphatic heterocycles. The number of Topliss-reactive ketones (excluding diaryl/α,β-unsaturated/α-hetero) is 3. The van der Waals surface area contributed by atoms with Crippen molar-refractivity contribution >= 4 is 29.1 Å². The summed E-state index contributed by atoms with van der Waals surface area (Å²) in [6, 6.07) is 2.18. The maximum absolute atomic E-state index is 14.6. The van der Waals surface area contributed by atoms with E-state index in [2.05, 4.69) is 5.32 Å². The highest BCUT2D eigenvalue weighted by Crippen LogP contribution is 2.56. The number of carbonyl (C=O) groups is 5. The first-order chi connectivity index (χ1) is 23.6. The van der Waals surface area contributed by atoms with Gasteiger partial charge in [-0.25, -0.2) is 4.79 Å². The van der Waals surface area contributed by atoms with E-state index in [1.165, 1.54) is 27.2 Å². The first-order valence-corrected chi connectivity index (χ1v) is 15.4. The van der Waals surface area contributed by atoms with Gasteiger partial charge in [-0.05, 0) is 31.0 Å². The lowest BCUT2D eigenvalue weighted by Gasteiger charge is -2.52. The van der Waals surface area contributed by atoms with Crippen LogP contribution in [0.3, 0.4) is 0 Å². The molecule has 1 saturated heterocycles. The molecular formula is C34H35NO15. The lowest BCUT2D eigenvalue weighted by molar-refractivity contribution is -0.236. The molecule has 0 amide bonds. The molecule has 0 saturated carbocycles. The second-order valence-electron chi connectivity index (χ2n) is 12.6. The fourth-order valence-corrected chi connectivity index (χ4v) is 7.85. The third-order valence-electron chi connectivity index (χ3n) is 10.2. The van der Waals surface area contributed by atoms with Crippen molar-refractivity contribution in [2.24, 2.45) is 0 Å². The molecule has 16 heteroatoms. The van der Waals surface area contributed by atoms with E-state index in [1.807, 2.05) is 0 Å². The van der Waals surface area contributed by atoms with Gasteiger partial charge in [-0.2, -0.15) is 0 Å². The summed E-state index contributed by atoms with van der Waals surface area (Å²) in [5, 5.41) is 60.3. The molecule has 2 aromatic carbocycles. The van der Waals surface area contributed by atoms with Gasteiger partial charge < -0.3 is 54.5 Å². The van der Waals surface area contributed by atoms with Crippen LogP contribution in [0.4, 0.5) is 0 Å². The fraction of sp³-hybridized carbons (Fsp3) is 0.441. The number of hydrogen-bond acceptors (Lipinski definition) is 16. The molecule has 0 aromatic heterocycles. The van der Waals surface area contributed by atoms with E-state index in [1.54, 1.807) is 6.92 Å². The number of aryl methyl sites for hydroxylation is 1. The van der Waals surface area contributed by atoms with E-state index in [4.69, 9.17) is 23.7 Å². The molecule has 4 unspecified atom stereocenters. The number of fused-ring (bicyclic) bond motifs is 5. The van der Waals surface area contributed by atoms with Gasteiger partial charge in [0, 0.05) is 50.5 Å². The Morgan fingerprint density at radius 2 is 1.60 bits per heavy atom. The fourth-order valence-electron chi connectivity index (χ4n) is 7.85. The van der Waals surface area contributed by atoms with Crippen molar-refractivity contribution in [3.8, 4) is 11.5 Å². The summed E-state index contributed by atoms with van der Waals surface area (Å²) < 4.78 is 26.8. The minimum Gasteiger partial charge on any atom is -0.507 e. The Morgan fingerprint density at radius 3 is 2.20 bits per heavy atom. The summed E-state index contributed by atoms with van der Waals surface area (Å²) >= 11 is 0. The molecule has 6 rings (SSSR count). The predicted molar refractivity (Wildman–Crippen MR) is 166 cm³/mol. The summed E-state index contributed by atoms with van der Waals surface area (Å²) in [4.78, 5) is 69.1. The van der Waals surface area contributed by atoms with Gasteiger partial charge in [0.2, 0.25) is 17.3 Å². The van der Waals surface area contributed by atoms with E-state index < -0.39 is 128 Å². The maximum Gasteiger partial charge on any atom is 0.341 e. The van der Waals surface area contributed by atoms with Crippen molar-refractivity contribution < 1.29 is 73.2 Å². The highest BCUT2D eigenvalue weighted by atomic mass is 16.6. The number of aliphatic hydroxyl groups excluding tert-OH is 2. The summed E-state index contributed by atoms with van der Waals surface area (Å²) in [5.41, 5.74) is -10.1. The molecule has 1 fully saturated rings. The molecule has 8 atom stereocenters. The van der Waals surface area contributed by atoms with Gasteiger partial charge in [0.1, 0.15) is 35.4 Å². The van der Waals surface area contributed by atoms with Crippen LogP contribution >= 0.6 is 0 Å². The Kier molecular flexibility index (Phi) is 8.50. The summed E-state index contributed by atoms with van der Waals surface area (Å²) in [5.74, 6) is -7.67. The smallest absolute Gasteiger partial charge is 0.341 e. The number of benzene rings is 2. The van der Waals surface area contributed by atoms with Crippen LogP contribution in [0, 0.1) is 6.92 Å². The lowest BCUT2D eigenvalue weighted by atomic mass is 9.56. The van der Waals surface area contributed by atoms with Gasteiger partial charge in [-0.15, -0.1) is 0 Å². The van der Waals surface area contributed by atoms with Crippen LogP contribution in [0.2, 0.25) is 0 Å². The second-order valence-corrected chi connectivity index (χ2v) is 12.6. The number of methoxy groups -OCH3 is 4. The highest BCUT2D eigenvalue weighted by Gasteiger charge is 2.72. The van der Waals surface area contributed by atoms with E-state index in [0.29, 0.717) is 0 Å². The van der Waals surface area contributed by atoms with Gasteiger partial charge >= 0.3 is 5.97 Å². The summed E-state index contributed by atoms with van der Waals surface area (Å²) in [7, 11) is 4.62. The number of hydrogen-bond donors (Lipinski definition) is 6. The Morgan fingerprint density at radius 1 is 0.940 bits per heavy atom. The third kappa shape index (κ3) is 4.40. The minimum absolute atomic E-state index is 0.00455. The largest absolute Gasteiger partial charge is 0.507 e. The van der Waals surface area contributed by atoms with Crippen LogP contribution < -0.4 is 5.32 Å². The average Bonchev–Trinajstić information content (AvgIpc) is 3.05.